The van der Waals surface area contributed by atoms with E-state index in [9.17, 15) is 31.2 Å². The number of nitrogens with zero attached hydrogens (tertiary/aromatic N) is 2. The highest BCUT2D eigenvalue weighted by Gasteiger charge is 2.65. The second-order valence-electron chi connectivity index (χ2n) is 10.9. The van der Waals surface area contributed by atoms with Crippen molar-refractivity contribution in [3.63, 3.8) is 0 Å². The summed E-state index contributed by atoms with van der Waals surface area (Å²) < 4.78 is 73.7. The van der Waals surface area contributed by atoms with E-state index in [0.29, 0.717) is 0 Å². The Morgan fingerprint density at radius 1 is 0.921 bits per heavy atom. The molecular weight excluding hydrogens is 527 g/mol. The van der Waals surface area contributed by atoms with Crippen LogP contribution in [0, 0.1) is 0 Å². The van der Waals surface area contributed by atoms with Crippen LogP contribution < -0.4 is 5.32 Å². The van der Waals surface area contributed by atoms with Gasteiger partial charge in [0.25, 0.3) is 5.91 Å². The molecule has 1 saturated heterocycles. The number of hydrogen-bond acceptors (Lipinski definition) is 5. The van der Waals surface area contributed by atoms with Gasteiger partial charge in [0.15, 0.2) is 6.04 Å². The summed E-state index contributed by atoms with van der Waals surface area (Å²) in [5, 5.41) is 1.63. The molecule has 2 unspecified atom stereocenters. The van der Waals surface area contributed by atoms with Gasteiger partial charge in [-0.15, -0.1) is 0 Å². The summed E-state index contributed by atoms with van der Waals surface area (Å²) in [6.07, 6.45) is 4.58. The number of alkyl carbamates (subject to hydrolysis) is 1. The first kappa shape index (κ1) is 36.4. The first-order chi connectivity index (χ1) is 17.4. The Labute approximate surface area is 226 Å². The molecule has 0 aromatic carbocycles. The third kappa shape index (κ3) is 12.5. The Balaban J connectivity index is 0.000000739. The van der Waals surface area contributed by atoms with E-state index in [-0.39, 0.29) is 0 Å². The molecule has 13 heteroatoms. The zero-order valence-electron chi connectivity index (χ0n) is 24.1. The number of halogens is 3. The molecule has 1 fully saturated rings. The van der Waals surface area contributed by atoms with Crippen LogP contribution in [-0.2, 0) is 19.8 Å². The Morgan fingerprint density at radius 3 is 1.55 bits per heavy atom. The lowest BCUT2D eigenvalue weighted by molar-refractivity contribution is -0.929. The lowest BCUT2D eigenvalue weighted by Gasteiger charge is -2.44. The smallest absolute Gasteiger partial charge is 0.412 e. The van der Waals surface area contributed by atoms with Crippen molar-refractivity contribution >= 4 is 22.3 Å². The SMILES string of the molecule is CC(C)(C)OC(=O)NC1C(=O)N(S(=O)(=O)O)C1C(F)(F)F.CCCC[N+](CCCC)(CCCC)CCCC. The highest BCUT2D eigenvalue weighted by molar-refractivity contribution is 7.84. The average Bonchev–Trinajstić information content (AvgIpc) is 2.77. The maximum Gasteiger partial charge on any atom is 0.412 e. The van der Waals surface area contributed by atoms with Crippen molar-refractivity contribution in [3.05, 3.63) is 0 Å². The standard InChI is InChI=1S/C16H36N.C9H13F3N2O6S/c1-5-9-13-17(14-10-6-2,15-11-7-3)16-12-8-4;1-8(2,3)20-7(16)13-4-5(9(10,11)12)14(6(4)15)21(17,18)19/h5-16H2,1-4H3;4-5H,1-3H3,(H,13,16)(H,17,18,19)/q+1;. The van der Waals surface area contributed by atoms with E-state index < -0.39 is 50.5 Å². The molecule has 226 valence electrons. The summed E-state index contributed by atoms with van der Waals surface area (Å²) in [4.78, 5) is 22.7. The van der Waals surface area contributed by atoms with Gasteiger partial charge in [0.1, 0.15) is 11.6 Å². The molecule has 2 atom stereocenters. The normalized spacial score (nSPS) is 18.4. The lowest BCUT2D eigenvalue weighted by atomic mass is 9.98. The predicted molar refractivity (Wildman–Crippen MR) is 141 cm³/mol. The van der Waals surface area contributed by atoms with Gasteiger partial charge in [-0.2, -0.15) is 25.9 Å². The Morgan fingerprint density at radius 2 is 1.29 bits per heavy atom. The Hall–Kier alpha value is -1.60. The predicted octanol–water partition coefficient (Wildman–Crippen LogP) is 5.46. The summed E-state index contributed by atoms with van der Waals surface area (Å²) in [5.41, 5.74) is -1.02. The molecule has 0 saturated carbocycles. The summed E-state index contributed by atoms with van der Waals surface area (Å²) in [6.45, 7) is 19.4. The van der Waals surface area contributed by atoms with Crippen LogP contribution in [0.15, 0.2) is 0 Å². The van der Waals surface area contributed by atoms with Crippen LogP contribution in [0.3, 0.4) is 0 Å². The van der Waals surface area contributed by atoms with Crippen molar-refractivity contribution < 1.29 is 45.0 Å². The molecule has 0 aromatic heterocycles. The molecule has 0 radical (unpaired) electrons. The fraction of sp³-hybridized carbons (Fsp3) is 0.920. The first-order valence-electron chi connectivity index (χ1n) is 13.6. The van der Waals surface area contributed by atoms with Crippen molar-refractivity contribution in [1.82, 2.24) is 9.62 Å². The first-order valence-corrected chi connectivity index (χ1v) is 15.0. The number of carbonyl (C=O) groups excluding carboxylic acids is 2. The van der Waals surface area contributed by atoms with E-state index in [0.717, 1.165) is 0 Å². The minimum atomic E-state index is -5.38. The molecule has 1 aliphatic rings. The van der Waals surface area contributed by atoms with Crippen LogP contribution in [0.5, 0.6) is 0 Å². The number of rotatable bonds is 14. The summed E-state index contributed by atoms with van der Waals surface area (Å²) in [6, 6.07) is -5.06. The van der Waals surface area contributed by atoms with Crippen LogP contribution in [0.1, 0.15) is 99.8 Å². The van der Waals surface area contributed by atoms with Gasteiger partial charge >= 0.3 is 22.6 Å². The van der Waals surface area contributed by atoms with E-state index in [1.807, 2.05) is 0 Å². The molecule has 1 heterocycles. The molecule has 9 nitrogen and oxygen atoms in total. The molecule has 1 rings (SSSR count). The minimum Gasteiger partial charge on any atom is -0.444 e. The molecule has 2 N–H and O–H groups in total. The van der Waals surface area contributed by atoms with Gasteiger partial charge in [0.2, 0.25) is 0 Å². The van der Waals surface area contributed by atoms with Crippen molar-refractivity contribution in [1.29, 1.82) is 0 Å². The largest absolute Gasteiger partial charge is 0.444 e. The van der Waals surface area contributed by atoms with Gasteiger partial charge < -0.3 is 14.5 Å². The summed E-state index contributed by atoms with van der Waals surface area (Å²) >= 11 is 0. The topological polar surface area (TPSA) is 113 Å². The Bertz CT molecular complexity index is 794. The second-order valence-corrected chi connectivity index (χ2v) is 12.2. The highest BCUT2D eigenvalue weighted by Crippen LogP contribution is 2.36. The van der Waals surface area contributed by atoms with Gasteiger partial charge in [-0.25, -0.2) is 4.79 Å². The molecule has 38 heavy (non-hydrogen) atoms. The third-order valence-corrected chi connectivity index (χ3v) is 7.16. The van der Waals surface area contributed by atoms with E-state index in [1.54, 1.807) is 5.32 Å². The van der Waals surface area contributed by atoms with E-state index in [2.05, 4.69) is 32.4 Å². The van der Waals surface area contributed by atoms with Crippen molar-refractivity contribution in [2.75, 3.05) is 26.2 Å². The van der Waals surface area contributed by atoms with Crippen LogP contribution in [-0.4, -0.2) is 83.8 Å². The van der Waals surface area contributed by atoms with Gasteiger partial charge in [-0.3, -0.25) is 9.35 Å². The number of carbonyl (C=O) groups is 2. The fourth-order valence-electron chi connectivity index (χ4n) is 4.26. The van der Waals surface area contributed by atoms with E-state index in [1.165, 1.54) is 103 Å². The third-order valence-electron chi connectivity index (χ3n) is 6.25. The van der Waals surface area contributed by atoms with Crippen LogP contribution in [0.4, 0.5) is 18.0 Å². The number of quaternary nitrogens is 1. The zero-order chi connectivity index (χ0) is 29.8. The van der Waals surface area contributed by atoms with E-state index in [4.69, 9.17) is 4.55 Å². The minimum absolute atomic E-state index is 0.741. The number of unbranched alkanes of at least 4 members (excludes halogenated alkanes) is 4. The highest BCUT2D eigenvalue weighted by atomic mass is 32.2. The monoisotopic (exact) mass is 576 g/mol. The number of alkyl halides is 3. The summed E-state index contributed by atoms with van der Waals surface area (Å²) in [7, 11) is -5.38. The van der Waals surface area contributed by atoms with Crippen molar-refractivity contribution in [2.45, 2.75) is 124 Å². The number of nitrogens with one attached hydrogen (secondary N) is 1. The zero-order valence-corrected chi connectivity index (χ0v) is 24.9. The van der Waals surface area contributed by atoms with E-state index >= 15 is 0 Å². The number of amides is 2. The van der Waals surface area contributed by atoms with Crippen LogP contribution in [0.25, 0.3) is 0 Å². The molecule has 1 aliphatic heterocycles. The van der Waals surface area contributed by atoms with Crippen molar-refractivity contribution in [2.24, 2.45) is 0 Å². The van der Waals surface area contributed by atoms with Gasteiger partial charge in [-0.05, 0) is 46.5 Å². The molecule has 0 spiro atoms. The van der Waals surface area contributed by atoms with Crippen LogP contribution in [0.2, 0.25) is 0 Å². The Kier molecular flexibility index (Phi) is 15.2. The molecule has 2 amide bonds. The van der Waals surface area contributed by atoms with Gasteiger partial charge in [0, 0.05) is 0 Å². The number of ether oxygens (including phenoxy) is 1. The van der Waals surface area contributed by atoms with Crippen molar-refractivity contribution in [3.8, 4) is 0 Å². The second kappa shape index (κ2) is 15.9. The molecular formula is C25H49F3N3O6S+. The molecule has 0 aromatic rings. The fourth-order valence-corrected chi connectivity index (χ4v) is 5.13. The quantitative estimate of drug-likeness (QED) is 0.161. The lowest BCUT2D eigenvalue weighted by Crippen LogP contribution is -2.76. The number of hydrogen-bond donors (Lipinski definition) is 2. The van der Waals surface area contributed by atoms with Gasteiger partial charge in [-0.1, -0.05) is 53.4 Å². The summed E-state index contributed by atoms with van der Waals surface area (Å²) in [5.74, 6) is -1.61. The maximum absolute atomic E-state index is 12.7. The number of β-lactam (4-membered cyclic amide) rings is 1. The van der Waals surface area contributed by atoms with Gasteiger partial charge in [0.05, 0.1) is 26.2 Å². The average molecular weight is 577 g/mol. The molecule has 0 aliphatic carbocycles. The molecule has 0 bridgehead atoms. The van der Waals surface area contributed by atoms with Crippen LogP contribution >= 0.6 is 0 Å². The maximum atomic E-state index is 12.7.